The number of amides is 1. The van der Waals surface area contributed by atoms with Gasteiger partial charge in [0.2, 0.25) is 5.91 Å². The van der Waals surface area contributed by atoms with E-state index < -0.39 is 5.92 Å². The average Bonchev–Trinajstić information content (AvgIpc) is 2.46. The first-order chi connectivity index (χ1) is 10.5. The number of alkyl halides is 2. The van der Waals surface area contributed by atoms with E-state index in [1.165, 1.54) is 11.8 Å². The van der Waals surface area contributed by atoms with Crippen LogP contribution < -0.4 is 4.90 Å². The molecule has 0 saturated carbocycles. The van der Waals surface area contributed by atoms with Crippen molar-refractivity contribution in [2.24, 2.45) is 5.92 Å². The van der Waals surface area contributed by atoms with Crippen LogP contribution in [0.15, 0.2) is 17.4 Å². The zero-order valence-corrected chi connectivity index (χ0v) is 13.2. The fourth-order valence-corrected chi connectivity index (χ4v) is 3.09. The molecule has 0 atom stereocenters. The first-order valence-electron chi connectivity index (χ1n) is 7.27. The smallest absolute Gasteiger partial charge is 0.251 e. The number of rotatable bonds is 3. The van der Waals surface area contributed by atoms with Crippen LogP contribution in [0.5, 0.6) is 0 Å². The molecule has 0 aliphatic carbocycles. The van der Waals surface area contributed by atoms with E-state index in [1.807, 2.05) is 17.2 Å². The molecule has 1 amide bonds. The number of piperidine rings is 1. The summed E-state index contributed by atoms with van der Waals surface area (Å²) < 4.78 is 26.3. The van der Waals surface area contributed by atoms with Crippen molar-refractivity contribution in [3.05, 3.63) is 12.3 Å². The molecule has 3 rings (SSSR count). The van der Waals surface area contributed by atoms with Crippen LogP contribution in [0.3, 0.4) is 0 Å². The van der Waals surface area contributed by atoms with E-state index in [9.17, 15) is 13.6 Å². The minimum atomic E-state index is -2.61. The lowest BCUT2D eigenvalue weighted by atomic mass is 9.96. The summed E-state index contributed by atoms with van der Waals surface area (Å²) in [5.74, 6) is -1.92. The first kappa shape index (κ1) is 15.5. The van der Waals surface area contributed by atoms with Crippen LogP contribution >= 0.6 is 11.8 Å². The Morgan fingerprint density at radius 1 is 1.36 bits per heavy atom. The Morgan fingerprint density at radius 2 is 2.05 bits per heavy atom. The second-order valence-electron chi connectivity index (χ2n) is 5.68. The summed E-state index contributed by atoms with van der Waals surface area (Å²) in [6.45, 7) is 1.51. The molecule has 3 heterocycles. The molecule has 22 heavy (non-hydrogen) atoms. The van der Waals surface area contributed by atoms with E-state index in [0.717, 1.165) is 5.82 Å². The number of hydrogen-bond donors (Lipinski definition) is 0. The van der Waals surface area contributed by atoms with E-state index in [0.29, 0.717) is 18.2 Å². The third kappa shape index (κ3) is 3.16. The van der Waals surface area contributed by atoms with Crippen LogP contribution in [0.2, 0.25) is 0 Å². The highest BCUT2D eigenvalue weighted by Crippen LogP contribution is 2.30. The standard InChI is InChI=1S/C14H18F2N4OS/c1-22-13-17-5-2-11(18-13)20-8-10(9-20)12(21)19-6-3-14(15,16)4-7-19/h2,5,10H,3-4,6-9H2,1H3. The second-order valence-corrected chi connectivity index (χ2v) is 6.46. The van der Waals surface area contributed by atoms with Gasteiger partial charge in [0.15, 0.2) is 5.16 Å². The van der Waals surface area contributed by atoms with Crippen molar-refractivity contribution in [1.29, 1.82) is 0 Å². The maximum Gasteiger partial charge on any atom is 0.251 e. The number of thioether (sulfide) groups is 1. The van der Waals surface area contributed by atoms with Gasteiger partial charge in [0.05, 0.1) is 5.92 Å². The molecule has 2 aliphatic heterocycles. The topological polar surface area (TPSA) is 49.3 Å². The van der Waals surface area contributed by atoms with Crippen LogP contribution in [-0.4, -0.2) is 59.1 Å². The van der Waals surface area contributed by atoms with Gasteiger partial charge >= 0.3 is 0 Å². The minimum absolute atomic E-state index is 0.00843. The fraction of sp³-hybridized carbons (Fsp3) is 0.643. The maximum atomic E-state index is 13.1. The van der Waals surface area contributed by atoms with Gasteiger partial charge < -0.3 is 9.80 Å². The Labute approximate surface area is 132 Å². The van der Waals surface area contributed by atoms with E-state index in [-0.39, 0.29) is 37.8 Å². The van der Waals surface area contributed by atoms with Gasteiger partial charge in [0.1, 0.15) is 5.82 Å². The van der Waals surface area contributed by atoms with Gasteiger partial charge in [-0.25, -0.2) is 18.7 Å². The SMILES string of the molecule is CSc1nccc(N2CC(C(=O)N3CCC(F)(F)CC3)C2)n1. The van der Waals surface area contributed by atoms with Gasteiger partial charge in [-0.3, -0.25) is 4.79 Å². The third-order valence-electron chi connectivity index (χ3n) is 4.16. The normalized spacial score (nSPS) is 21.6. The van der Waals surface area contributed by atoms with Gasteiger partial charge in [0, 0.05) is 45.2 Å². The Bertz CT molecular complexity index is 556. The van der Waals surface area contributed by atoms with Gasteiger partial charge in [-0.15, -0.1) is 0 Å². The third-order valence-corrected chi connectivity index (χ3v) is 4.72. The predicted octanol–water partition coefficient (Wildman–Crippen LogP) is 1.89. The highest BCUT2D eigenvalue weighted by atomic mass is 32.2. The monoisotopic (exact) mass is 328 g/mol. The molecule has 2 aliphatic rings. The summed E-state index contributed by atoms with van der Waals surface area (Å²) in [6.07, 6.45) is 3.17. The van der Waals surface area contributed by atoms with Gasteiger partial charge in [0.25, 0.3) is 5.92 Å². The summed E-state index contributed by atoms with van der Waals surface area (Å²) in [4.78, 5) is 24.4. The molecule has 0 aromatic carbocycles. The Morgan fingerprint density at radius 3 is 2.68 bits per heavy atom. The van der Waals surface area contributed by atoms with Crippen molar-refractivity contribution < 1.29 is 13.6 Å². The molecule has 120 valence electrons. The number of halogens is 2. The molecule has 0 N–H and O–H groups in total. The van der Waals surface area contributed by atoms with Crippen molar-refractivity contribution in [3.63, 3.8) is 0 Å². The van der Waals surface area contributed by atoms with Gasteiger partial charge in [-0.2, -0.15) is 0 Å². The van der Waals surface area contributed by atoms with Crippen LogP contribution in [0.4, 0.5) is 14.6 Å². The molecule has 0 unspecified atom stereocenters. The molecule has 8 heteroatoms. The Hall–Kier alpha value is -1.44. The van der Waals surface area contributed by atoms with Crippen molar-refractivity contribution in [3.8, 4) is 0 Å². The molecule has 1 aromatic heterocycles. The minimum Gasteiger partial charge on any atom is -0.355 e. The first-order valence-corrected chi connectivity index (χ1v) is 8.49. The highest BCUT2D eigenvalue weighted by molar-refractivity contribution is 7.98. The number of nitrogens with zero attached hydrogens (tertiary/aromatic N) is 4. The Kier molecular flexibility index (Phi) is 4.20. The van der Waals surface area contributed by atoms with Gasteiger partial charge in [-0.05, 0) is 12.3 Å². The Balaban J connectivity index is 1.53. The number of anilines is 1. The molecular weight excluding hydrogens is 310 g/mol. The maximum absolute atomic E-state index is 13.1. The summed E-state index contributed by atoms with van der Waals surface area (Å²) in [5.41, 5.74) is 0. The van der Waals surface area contributed by atoms with Gasteiger partial charge in [-0.1, -0.05) is 11.8 Å². The lowest BCUT2D eigenvalue weighted by Gasteiger charge is -2.42. The van der Waals surface area contributed by atoms with E-state index in [4.69, 9.17) is 0 Å². The number of aromatic nitrogens is 2. The van der Waals surface area contributed by atoms with E-state index in [1.54, 1.807) is 11.1 Å². The van der Waals surface area contributed by atoms with Crippen LogP contribution in [0, 0.1) is 5.92 Å². The zero-order valence-electron chi connectivity index (χ0n) is 12.3. The number of carbonyl (C=O) groups is 1. The quantitative estimate of drug-likeness (QED) is 0.626. The molecule has 0 bridgehead atoms. The average molecular weight is 328 g/mol. The second kappa shape index (κ2) is 5.98. The lowest BCUT2D eigenvalue weighted by Crippen LogP contribution is -2.56. The fourth-order valence-electron chi connectivity index (χ4n) is 2.74. The molecule has 1 aromatic rings. The summed E-state index contributed by atoms with van der Waals surface area (Å²) >= 11 is 1.47. The lowest BCUT2D eigenvalue weighted by molar-refractivity contribution is -0.142. The largest absolute Gasteiger partial charge is 0.355 e. The van der Waals surface area contributed by atoms with E-state index in [2.05, 4.69) is 9.97 Å². The number of carbonyl (C=O) groups excluding carboxylic acids is 1. The van der Waals surface area contributed by atoms with Crippen molar-refractivity contribution in [2.75, 3.05) is 37.3 Å². The zero-order chi connectivity index (χ0) is 15.7. The van der Waals surface area contributed by atoms with Crippen LogP contribution in [0.25, 0.3) is 0 Å². The summed E-state index contributed by atoms with van der Waals surface area (Å²) in [7, 11) is 0. The molecular formula is C14H18F2N4OS. The molecule has 5 nitrogen and oxygen atoms in total. The predicted molar refractivity (Wildman–Crippen MR) is 80.3 cm³/mol. The molecule has 0 spiro atoms. The van der Waals surface area contributed by atoms with Crippen LogP contribution in [0.1, 0.15) is 12.8 Å². The summed E-state index contributed by atoms with van der Waals surface area (Å²) in [5, 5.41) is 0.700. The van der Waals surface area contributed by atoms with Crippen molar-refractivity contribution in [2.45, 2.75) is 23.9 Å². The number of hydrogen-bond acceptors (Lipinski definition) is 5. The highest BCUT2D eigenvalue weighted by Gasteiger charge is 2.40. The van der Waals surface area contributed by atoms with E-state index >= 15 is 0 Å². The van der Waals surface area contributed by atoms with Crippen LogP contribution in [-0.2, 0) is 4.79 Å². The molecule has 2 fully saturated rings. The molecule has 2 saturated heterocycles. The van der Waals surface area contributed by atoms with Crippen molar-refractivity contribution >= 4 is 23.5 Å². The summed E-state index contributed by atoms with van der Waals surface area (Å²) in [6, 6.07) is 1.82. The number of likely N-dealkylation sites (tertiary alicyclic amines) is 1. The van der Waals surface area contributed by atoms with Crippen molar-refractivity contribution in [1.82, 2.24) is 14.9 Å². The molecule has 0 radical (unpaired) electrons.